The average molecular weight is 558 g/mol. The molecule has 0 bridgehead atoms. The van der Waals surface area contributed by atoms with Gasteiger partial charge in [0.25, 0.3) is 0 Å². The number of nitrogens with zero attached hydrogens (tertiary/aromatic N) is 1. The van der Waals surface area contributed by atoms with Crippen molar-refractivity contribution < 1.29 is 4.74 Å². The van der Waals surface area contributed by atoms with Crippen molar-refractivity contribution in [3.63, 3.8) is 0 Å². The lowest BCUT2D eigenvalue weighted by molar-refractivity contribution is 0.271. The summed E-state index contributed by atoms with van der Waals surface area (Å²) in [6.07, 6.45) is 8.90. The molecular formula is C39H27NOS. The third-order valence-electron chi connectivity index (χ3n) is 9.89. The molecule has 0 saturated carbocycles. The molecule has 0 amide bonds. The molecule has 7 aromatic rings. The van der Waals surface area contributed by atoms with E-state index < -0.39 is 0 Å². The van der Waals surface area contributed by atoms with Crippen LogP contribution >= 0.6 is 11.3 Å². The van der Waals surface area contributed by atoms with Crippen molar-refractivity contribution >= 4 is 53.3 Å². The number of allylic oxidation sites excluding steroid dienone is 2. The molecule has 2 aromatic heterocycles. The Balaban J connectivity index is 1.42. The number of para-hydroxylation sites is 1. The zero-order valence-electron chi connectivity index (χ0n) is 23.4. The summed E-state index contributed by atoms with van der Waals surface area (Å²) in [5, 5.41) is 5.13. The highest BCUT2D eigenvalue weighted by Crippen LogP contribution is 2.61. The smallest absolute Gasteiger partial charge is 0.134 e. The molecule has 3 aliphatic rings. The van der Waals surface area contributed by atoms with Gasteiger partial charge in [-0.1, -0.05) is 92.7 Å². The van der Waals surface area contributed by atoms with Crippen LogP contribution in [0.4, 0.5) is 0 Å². The first kappa shape index (κ1) is 23.0. The van der Waals surface area contributed by atoms with E-state index in [-0.39, 0.29) is 17.4 Å². The second-order valence-electron chi connectivity index (χ2n) is 12.4. The van der Waals surface area contributed by atoms with E-state index in [1.165, 1.54) is 75.5 Å². The number of thiophene rings is 1. The standard InChI is InChI=1S/C39H27NOS/c1-39(2)28-15-7-3-12-24(28)33-34-26-14-5-9-17-30(26)41-38(34)35-25-13-4-8-16-29(25)40(37(35)36(33)39)22-19-20-32-27(21-22)23-11-6-10-18-31(23)42-32/h3-21,26,30H,1-2H3/t26?,30-/m1/s1. The maximum Gasteiger partial charge on any atom is 0.134 e. The van der Waals surface area contributed by atoms with Crippen molar-refractivity contribution in [3.8, 4) is 22.6 Å². The molecule has 1 unspecified atom stereocenters. The Morgan fingerprint density at radius 1 is 0.762 bits per heavy atom. The molecule has 0 saturated heterocycles. The Morgan fingerprint density at radius 2 is 1.52 bits per heavy atom. The Kier molecular flexibility index (Phi) is 4.28. The number of aromatic nitrogens is 1. The number of hydrogen-bond donors (Lipinski definition) is 0. The van der Waals surface area contributed by atoms with Gasteiger partial charge in [0.2, 0.25) is 0 Å². The lowest BCUT2D eigenvalue weighted by Crippen LogP contribution is -2.17. The predicted octanol–water partition coefficient (Wildman–Crippen LogP) is 10.4. The number of benzene rings is 5. The molecule has 0 fully saturated rings. The van der Waals surface area contributed by atoms with Crippen molar-refractivity contribution in [3.05, 3.63) is 132 Å². The average Bonchev–Trinajstić information content (AvgIpc) is 3.74. The van der Waals surface area contributed by atoms with Crippen molar-refractivity contribution in [1.29, 1.82) is 0 Å². The first-order chi connectivity index (χ1) is 20.6. The molecule has 2 atom stereocenters. The third-order valence-corrected chi connectivity index (χ3v) is 11.0. The van der Waals surface area contributed by atoms with Crippen molar-refractivity contribution in [2.45, 2.75) is 31.3 Å². The van der Waals surface area contributed by atoms with Crippen LogP contribution in [0.5, 0.6) is 5.75 Å². The molecule has 2 aliphatic carbocycles. The SMILES string of the molecule is CC1(C)c2ccccc2-c2c3c(c4c5ccccc5n(-c5ccc6sc7ccccc7c6c5)c4c21)O[C@@H]1C=CC=CC31. The van der Waals surface area contributed by atoms with Gasteiger partial charge in [-0.05, 0) is 58.7 Å². The number of rotatable bonds is 1. The monoisotopic (exact) mass is 557 g/mol. The van der Waals surface area contributed by atoms with Gasteiger partial charge in [-0.15, -0.1) is 11.3 Å². The second-order valence-corrected chi connectivity index (χ2v) is 13.5. The van der Waals surface area contributed by atoms with E-state index in [2.05, 4.69) is 134 Å². The largest absolute Gasteiger partial charge is 0.484 e. The van der Waals surface area contributed by atoms with E-state index in [1.807, 2.05) is 11.3 Å². The van der Waals surface area contributed by atoms with Gasteiger partial charge in [-0.3, -0.25) is 0 Å². The minimum atomic E-state index is -0.170. The van der Waals surface area contributed by atoms with Gasteiger partial charge in [0, 0.05) is 48.1 Å². The summed E-state index contributed by atoms with van der Waals surface area (Å²) >= 11 is 1.87. The molecule has 0 N–H and O–H groups in total. The first-order valence-electron chi connectivity index (χ1n) is 14.8. The van der Waals surface area contributed by atoms with Crippen LogP contribution in [0.1, 0.15) is 36.5 Å². The lowest BCUT2D eigenvalue weighted by atomic mass is 9.79. The van der Waals surface area contributed by atoms with Crippen molar-refractivity contribution in [2.24, 2.45) is 0 Å². The maximum absolute atomic E-state index is 6.96. The normalized spacial score (nSPS) is 19.4. The Bertz CT molecular complexity index is 2380. The molecule has 200 valence electrons. The summed E-state index contributed by atoms with van der Waals surface area (Å²) in [6, 6.07) is 33.7. The van der Waals surface area contributed by atoms with E-state index in [0.29, 0.717) is 0 Å². The van der Waals surface area contributed by atoms with Crippen molar-refractivity contribution in [1.82, 2.24) is 4.57 Å². The summed E-state index contributed by atoms with van der Waals surface area (Å²) in [4.78, 5) is 0. The minimum Gasteiger partial charge on any atom is -0.484 e. The molecular weight excluding hydrogens is 531 g/mol. The summed E-state index contributed by atoms with van der Waals surface area (Å²) in [6.45, 7) is 4.82. The van der Waals surface area contributed by atoms with Crippen LogP contribution in [0.15, 0.2) is 115 Å². The topological polar surface area (TPSA) is 14.2 Å². The van der Waals surface area contributed by atoms with Crippen molar-refractivity contribution in [2.75, 3.05) is 0 Å². The third kappa shape index (κ3) is 2.71. The highest BCUT2D eigenvalue weighted by Gasteiger charge is 2.46. The lowest BCUT2D eigenvalue weighted by Gasteiger charge is -2.25. The first-order valence-corrected chi connectivity index (χ1v) is 15.6. The highest BCUT2D eigenvalue weighted by molar-refractivity contribution is 7.25. The quantitative estimate of drug-likeness (QED) is 0.196. The molecule has 3 heteroatoms. The van der Waals surface area contributed by atoms with E-state index >= 15 is 0 Å². The van der Waals surface area contributed by atoms with Crippen LogP contribution in [0, 0.1) is 0 Å². The summed E-state index contributed by atoms with van der Waals surface area (Å²) in [7, 11) is 0. The number of fused-ring (bicyclic) bond motifs is 15. The van der Waals surface area contributed by atoms with Gasteiger partial charge in [-0.25, -0.2) is 0 Å². The minimum absolute atomic E-state index is 0.0196. The fourth-order valence-electron chi connectivity index (χ4n) is 8.13. The van der Waals surface area contributed by atoms with Crippen LogP contribution in [0.2, 0.25) is 0 Å². The van der Waals surface area contributed by atoms with E-state index in [9.17, 15) is 0 Å². The molecule has 42 heavy (non-hydrogen) atoms. The van der Waals surface area contributed by atoms with Gasteiger partial charge in [0.05, 0.1) is 16.4 Å². The highest BCUT2D eigenvalue weighted by atomic mass is 32.1. The van der Waals surface area contributed by atoms with Gasteiger partial charge in [0.1, 0.15) is 11.9 Å². The van der Waals surface area contributed by atoms with Gasteiger partial charge in [-0.2, -0.15) is 0 Å². The van der Waals surface area contributed by atoms with Gasteiger partial charge >= 0.3 is 0 Å². The van der Waals surface area contributed by atoms with E-state index in [1.54, 1.807) is 0 Å². The zero-order valence-corrected chi connectivity index (χ0v) is 24.2. The van der Waals surface area contributed by atoms with E-state index in [0.717, 1.165) is 5.75 Å². The van der Waals surface area contributed by atoms with Crippen LogP contribution < -0.4 is 4.74 Å². The fourth-order valence-corrected chi connectivity index (χ4v) is 9.22. The van der Waals surface area contributed by atoms with Gasteiger partial charge < -0.3 is 9.30 Å². The molecule has 0 spiro atoms. The summed E-state index contributed by atoms with van der Waals surface area (Å²) in [5.41, 5.74) is 10.4. The van der Waals surface area contributed by atoms with Crippen LogP contribution in [-0.4, -0.2) is 10.7 Å². The van der Waals surface area contributed by atoms with Crippen LogP contribution in [-0.2, 0) is 5.41 Å². The fraction of sp³-hybridized carbons (Fsp3) is 0.128. The summed E-state index contributed by atoms with van der Waals surface area (Å²) in [5.74, 6) is 1.26. The molecule has 10 rings (SSSR count). The summed E-state index contributed by atoms with van der Waals surface area (Å²) < 4.78 is 12.1. The maximum atomic E-state index is 6.96. The van der Waals surface area contributed by atoms with Gasteiger partial charge in [0.15, 0.2) is 0 Å². The molecule has 5 aromatic carbocycles. The second kappa shape index (κ2) is 7.81. The van der Waals surface area contributed by atoms with E-state index in [4.69, 9.17) is 4.74 Å². The van der Waals surface area contributed by atoms with Crippen LogP contribution in [0.25, 0.3) is 58.8 Å². The Labute approximate surface area is 247 Å². The number of ether oxygens (including phenoxy) is 1. The molecule has 0 radical (unpaired) electrons. The molecule has 3 heterocycles. The zero-order chi connectivity index (χ0) is 27.7. The predicted molar refractivity (Wildman–Crippen MR) is 177 cm³/mol. The molecule has 2 nitrogen and oxygen atoms in total. The van der Waals surface area contributed by atoms with Crippen LogP contribution in [0.3, 0.4) is 0 Å². The Hall–Kier alpha value is -4.60. The number of hydrogen-bond acceptors (Lipinski definition) is 2. The molecule has 1 aliphatic heterocycles. The Morgan fingerprint density at radius 3 is 2.45 bits per heavy atom.